The molecule has 2 aromatic heterocycles. The van der Waals surface area contributed by atoms with Crippen molar-refractivity contribution in [1.82, 2.24) is 15.0 Å². The van der Waals surface area contributed by atoms with E-state index in [0.29, 0.717) is 6.07 Å². The van der Waals surface area contributed by atoms with Crippen LogP contribution in [0.25, 0.3) is 33.7 Å². The number of alkyl halides is 9. The van der Waals surface area contributed by atoms with Gasteiger partial charge in [-0.05, 0) is 24.3 Å². The molecule has 0 aliphatic rings. The first kappa shape index (κ1) is 22.6. The van der Waals surface area contributed by atoms with Gasteiger partial charge < -0.3 is 4.98 Å². The Labute approximate surface area is 178 Å². The van der Waals surface area contributed by atoms with Crippen LogP contribution in [0.4, 0.5) is 39.5 Å². The first-order valence-electron chi connectivity index (χ1n) is 9.06. The van der Waals surface area contributed by atoms with Gasteiger partial charge in [0.15, 0.2) is 0 Å². The van der Waals surface area contributed by atoms with Crippen molar-refractivity contribution in [2.75, 3.05) is 0 Å². The van der Waals surface area contributed by atoms with E-state index in [4.69, 9.17) is 0 Å². The number of fused-ring (bicyclic) bond motifs is 1. The van der Waals surface area contributed by atoms with Crippen LogP contribution in [0.1, 0.15) is 16.7 Å². The van der Waals surface area contributed by atoms with Gasteiger partial charge in [-0.1, -0.05) is 24.3 Å². The van der Waals surface area contributed by atoms with Crippen LogP contribution in [-0.2, 0) is 18.5 Å². The monoisotopic (exact) mass is 475 g/mol. The Morgan fingerprint density at radius 3 is 1.85 bits per heavy atom. The molecular weight excluding hydrogens is 465 g/mol. The fourth-order valence-corrected chi connectivity index (χ4v) is 3.28. The molecule has 2 aromatic carbocycles. The van der Waals surface area contributed by atoms with Crippen LogP contribution in [0.2, 0.25) is 0 Å². The summed E-state index contributed by atoms with van der Waals surface area (Å²) in [7, 11) is 0. The van der Waals surface area contributed by atoms with Crippen molar-refractivity contribution in [1.29, 1.82) is 0 Å². The average molecular weight is 475 g/mol. The van der Waals surface area contributed by atoms with Crippen LogP contribution in [0, 0.1) is 0 Å². The number of H-pyrrole nitrogens is 1. The van der Waals surface area contributed by atoms with E-state index in [-0.39, 0.29) is 28.7 Å². The molecule has 0 amide bonds. The summed E-state index contributed by atoms with van der Waals surface area (Å²) < 4.78 is 119. The standard InChI is InChI=1S/C21H10F9N3/c22-19(23,24)12-8-14(21(28,29)30)17-15(9-12)32-18(33-17)11-5-3-10(4-6-11)16-13(20(25,26)27)2-1-7-31-16/h1-9H,(H,32,33). The first-order valence-corrected chi connectivity index (χ1v) is 9.06. The first-order chi connectivity index (χ1) is 15.2. The van der Waals surface area contributed by atoms with Crippen molar-refractivity contribution in [3.63, 3.8) is 0 Å². The molecule has 0 saturated heterocycles. The summed E-state index contributed by atoms with van der Waals surface area (Å²) in [6, 6.07) is 7.54. The predicted octanol–water partition coefficient (Wildman–Crippen LogP) is 7.35. The molecule has 3 nitrogen and oxygen atoms in total. The fraction of sp³-hybridized carbons (Fsp3) is 0.143. The lowest BCUT2D eigenvalue weighted by Gasteiger charge is -2.12. The molecule has 0 bridgehead atoms. The molecule has 172 valence electrons. The summed E-state index contributed by atoms with van der Waals surface area (Å²) in [5.41, 5.74) is -5.35. The van der Waals surface area contributed by atoms with E-state index in [9.17, 15) is 39.5 Å². The summed E-state index contributed by atoms with van der Waals surface area (Å²) in [4.78, 5) is 9.97. The van der Waals surface area contributed by atoms with Crippen molar-refractivity contribution in [3.05, 3.63) is 71.4 Å². The molecule has 2 heterocycles. The minimum atomic E-state index is -5.09. The zero-order chi connectivity index (χ0) is 24.2. The summed E-state index contributed by atoms with van der Waals surface area (Å²) in [6.45, 7) is 0. The van der Waals surface area contributed by atoms with Gasteiger partial charge in [0.2, 0.25) is 0 Å². The topological polar surface area (TPSA) is 41.6 Å². The number of halogens is 9. The van der Waals surface area contributed by atoms with Crippen molar-refractivity contribution in [2.24, 2.45) is 0 Å². The number of rotatable bonds is 2. The average Bonchev–Trinajstić information content (AvgIpc) is 3.15. The molecular formula is C21H10F9N3. The molecule has 0 unspecified atom stereocenters. The van der Waals surface area contributed by atoms with Crippen LogP contribution in [0.5, 0.6) is 0 Å². The van der Waals surface area contributed by atoms with Crippen molar-refractivity contribution >= 4 is 11.0 Å². The number of hydrogen-bond acceptors (Lipinski definition) is 2. The highest BCUT2D eigenvalue weighted by Gasteiger charge is 2.39. The Bertz CT molecular complexity index is 1310. The number of aromatic amines is 1. The van der Waals surface area contributed by atoms with E-state index in [1.807, 2.05) is 0 Å². The number of imidazole rings is 1. The summed E-state index contributed by atoms with van der Waals surface area (Å²) >= 11 is 0. The highest BCUT2D eigenvalue weighted by molar-refractivity contribution is 5.84. The molecule has 0 aliphatic heterocycles. The number of hydrogen-bond donors (Lipinski definition) is 1. The Balaban J connectivity index is 1.80. The van der Waals surface area contributed by atoms with Gasteiger partial charge in [0, 0.05) is 17.3 Å². The molecule has 4 aromatic rings. The quantitative estimate of drug-likeness (QED) is 0.308. The normalized spacial score (nSPS) is 13.0. The van der Waals surface area contributed by atoms with Gasteiger partial charge in [-0.3, -0.25) is 4.98 Å². The van der Waals surface area contributed by atoms with Crippen molar-refractivity contribution in [3.8, 4) is 22.6 Å². The molecule has 0 aliphatic carbocycles. The SMILES string of the molecule is FC(F)(F)c1cc(C(F)(F)F)c2nc(-c3ccc(-c4ncccc4C(F)(F)F)cc3)[nH]c2c1. The molecule has 0 atom stereocenters. The third kappa shape index (κ3) is 4.37. The van der Waals surface area contributed by atoms with Crippen LogP contribution in [-0.4, -0.2) is 15.0 Å². The number of aromatic nitrogens is 3. The minimum absolute atomic E-state index is 0.0181. The van der Waals surface area contributed by atoms with E-state index in [0.717, 1.165) is 12.1 Å². The molecule has 12 heteroatoms. The third-order valence-corrected chi connectivity index (χ3v) is 4.76. The summed E-state index contributed by atoms with van der Waals surface area (Å²) in [6.07, 6.45) is -13.6. The Kier molecular flexibility index (Phi) is 5.14. The molecule has 1 N–H and O–H groups in total. The van der Waals surface area contributed by atoms with E-state index < -0.39 is 46.3 Å². The molecule has 0 radical (unpaired) electrons. The van der Waals surface area contributed by atoms with Crippen molar-refractivity contribution < 1.29 is 39.5 Å². The summed E-state index contributed by atoms with van der Waals surface area (Å²) in [5, 5.41) is 0. The minimum Gasteiger partial charge on any atom is -0.338 e. The van der Waals surface area contributed by atoms with Crippen LogP contribution in [0.3, 0.4) is 0 Å². The van der Waals surface area contributed by atoms with Gasteiger partial charge in [-0.2, -0.15) is 39.5 Å². The maximum absolute atomic E-state index is 13.4. The Morgan fingerprint density at radius 1 is 0.667 bits per heavy atom. The van der Waals surface area contributed by atoms with Gasteiger partial charge in [0.1, 0.15) is 11.3 Å². The largest absolute Gasteiger partial charge is 0.418 e. The highest BCUT2D eigenvalue weighted by atomic mass is 19.4. The second kappa shape index (κ2) is 7.49. The van der Waals surface area contributed by atoms with Crippen molar-refractivity contribution in [2.45, 2.75) is 18.5 Å². The maximum Gasteiger partial charge on any atom is 0.418 e. The van der Waals surface area contributed by atoms with Gasteiger partial charge in [-0.25, -0.2) is 4.98 Å². The second-order valence-corrected chi connectivity index (χ2v) is 6.98. The highest BCUT2D eigenvalue weighted by Crippen LogP contribution is 2.40. The Morgan fingerprint density at radius 2 is 1.27 bits per heavy atom. The van der Waals surface area contributed by atoms with Gasteiger partial charge in [0.25, 0.3) is 0 Å². The van der Waals surface area contributed by atoms with E-state index in [2.05, 4.69) is 15.0 Å². The van der Waals surface area contributed by atoms with Gasteiger partial charge in [-0.15, -0.1) is 0 Å². The van der Waals surface area contributed by atoms with Gasteiger partial charge >= 0.3 is 18.5 Å². The van der Waals surface area contributed by atoms with E-state index in [1.165, 1.54) is 30.5 Å². The summed E-state index contributed by atoms with van der Waals surface area (Å²) in [5.74, 6) is -0.182. The predicted molar refractivity (Wildman–Crippen MR) is 99.8 cm³/mol. The number of nitrogens with zero attached hydrogens (tertiary/aromatic N) is 2. The van der Waals surface area contributed by atoms with E-state index >= 15 is 0 Å². The number of nitrogens with one attached hydrogen (secondary N) is 1. The lowest BCUT2D eigenvalue weighted by molar-refractivity contribution is -0.142. The lowest BCUT2D eigenvalue weighted by atomic mass is 10.0. The fourth-order valence-electron chi connectivity index (χ4n) is 3.28. The van der Waals surface area contributed by atoms with Crippen LogP contribution in [0.15, 0.2) is 54.7 Å². The molecule has 0 fully saturated rings. The smallest absolute Gasteiger partial charge is 0.338 e. The van der Waals surface area contributed by atoms with Gasteiger partial charge in [0.05, 0.1) is 27.9 Å². The zero-order valence-corrected chi connectivity index (χ0v) is 16.0. The lowest BCUT2D eigenvalue weighted by Crippen LogP contribution is -2.11. The zero-order valence-electron chi connectivity index (χ0n) is 16.0. The number of pyridine rings is 1. The second-order valence-electron chi connectivity index (χ2n) is 6.98. The van der Waals surface area contributed by atoms with Crippen LogP contribution < -0.4 is 0 Å². The molecule has 33 heavy (non-hydrogen) atoms. The number of benzene rings is 2. The van der Waals surface area contributed by atoms with E-state index in [1.54, 1.807) is 0 Å². The Hall–Kier alpha value is -3.57. The third-order valence-electron chi connectivity index (χ3n) is 4.76. The molecule has 0 spiro atoms. The molecule has 0 saturated carbocycles. The van der Waals surface area contributed by atoms with Crippen LogP contribution >= 0.6 is 0 Å². The maximum atomic E-state index is 13.4. The molecule has 4 rings (SSSR count).